The van der Waals surface area contributed by atoms with Gasteiger partial charge in [0.25, 0.3) is 0 Å². The number of alkyl halides is 5. The SMILES string of the molecule is CC(F)(F)c1nnc(-c2[c-]cccc2)n1-c1ccccc1.C[n+]1ccccc1-c1nc(C(F)(F)F)n[n-]1.Cc1nnc(-c2[c-]cc(F)cc2)n1-c1ccccc1.Cc1nnc(-c2[c-]cc3c(c2)-c2ccccc2C3(C)C)n1-c1ccccc1.Cc1nnc(-c2[c-]cc3c(c2)C(C)(C)c2ccccc2-3)n1-c1ccccc1.Cc1nnc(-c2[c-]cccc2)n1-c1ccccc1.O=C(O)c1ccccn1.[Ir].[Ir].[Ir].[Ir].[Ir]. The summed E-state index contributed by atoms with van der Waals surface area (Å²) in [5.74, 6) is 0.823. The Morgan fingerprint density at radius 1 is 0.380 bits per heavy atom. The normalized spacial score (nSPS) is 11.7. The first-order chi connectivity index (χ1) is 66.1. The molecule has 8 aromatic heterocycles. The van der Waals surface area contributed by atoms with Crippen LogP contribution in [0.5, 0.6) is 0 Å². The first-order valence-electron chi connectivity index (χ1n) is 43.4. The number of carboxylic acid groups (broad SMARTS) is 1. The van der Waals surface area contributed by atoms with E-state index in [0.29, 0.717) is 34.2 Å². The molecule has 727 valence electrons. The molecule has 0 unspecified atom stereocenters. The summed E-state index contributed by atoms with van der Waals surface area (Å²) in [6.45, 7) is 17.7. The molecule has 12 aromatic carbocycles. The molecule has 0 bridgehead atoms. The minimum Gasteiger partial charge on any atom is -0.477 e. The first kappa shape index (κ1) is 108. The number of hydrogen-bond donors (Lipinski definition) is 1. The number of aryl methyl sites for hydroxylation is 5. The molecule has 2 aliphatic rings. The minimum atomic E-state index is -4.56. The van der Waals surface area contributed by atoms with Crippen molar-refractivity contribution >= 4 is 5.97 Å². The summed E-state index contributed by atoms with van der Waals surface area (Å²) in [5, 5.41) is 56.6. The van der Waals surface area contributed by atoms with E-state index in [1.807, 2.05) is 170 Å². The number of rotatable bonds is 13. The Morgan fingerprint density at radius 2 is 0.761 bits per heavy atom. The van der Waals surface area contributed by atoms with Crippen molar-refractivity contribution in [1.82, 2.24) is 94.0 Å². The Kier molecular flexibility index (Phi) is 36.7. The van der Waals surface area contributed by atoms with Gasteiger partial charge in [0.15, 0.2) is 12.0 Å². The topological polar surface area (TPSA) is 248 Å². The molecule has 0 saturated carbocycles. The average molecular weight is 2780 g/mol. The van der Waals surface area contributed by atoms with Crippen LogP contribution < -0.4 is 9.67 Å². The van der Waals surface area contributed by atoms with Crippen LogP contribution in [0, 0.1) is 63.8 Å². The van der Waals surface area contributed by atoms with Crippen LogP contribution in [0.3, 0.4) is 0 Å². The maximum Gasteiger partial charge on any atom is 0.429 e. The molecule has 0 amide bonds. The molecule has 0 spiro atoms. The Bertz CT molecular complexity index is 7550. The van der Waals surface area contributed by atoms with Crippen molar-refractivity contribution in [1.29, 1.82) is 0 Å². The van der Waals surface area contributed by atoms with Gasteiger partial charge in [-0.25, -0.2) is 14.3 Å². The molecule has 22 nitrogen and oxygen atoms in total. The van der Waals surface area contributed by atoms with Crippen LogP contribution in [0.2, 0.25) is 0 Å². The van der Waals surface area contributed by atoms with Gasteiger partial charge in [-0.15, -0.1) is 186 Å². The molecule has 2 aliphatic carbocycles. The van der Waals surface area contributed by atoms with Gasteiger partial charge in [0.1, 0.15) is 41.9 Å². The van der Waals surface area contributed by atoms with Crippen molar-refractivity contribution in [2.75, 3.05) is 0 Å². The number of benzene rings is 12. The molecule has 0 fully saturated rings. The van der Waals surface area contributed by atoms with E-state index in [1.54, 1.807) is 96.7 Å². The molecule has 0 aliphatic heterocycles. The van der Waals surface area contributed by atoms with Crippen LogP contribution in [0.4, 0.5) is 26.3 Å². The Labute approximate surface area is 884 Å². The van der Waals surface area contributed by atoms with Crippen LogP contribution in [-0.4, -0.2) is 100.0 Å². The zero-order valence-corrected chi connectivity index (χ0v) is 89.5. The molecule has 142 heavy (non-hydrogen) atoms. The average Bonchev–Trinajstić information content (AvgIpc) is 1.58. The molecule has 5 radical (unpaired) electrons. The minimum absolute atomic E-state index is 0. The smallest absolute Gasteiger partial charge is 0.429 e. The second kappa shape index (κ2) is 48.0. The van der Waals surface area contributed by atoms with E-state index >= 15 is 0 Å². The summed E-state index contributed by atoms with van der Waals surface area (Å²) in [4.78, 5) is 17.1. The van der Waals surface area contributed by atoms with Gasteiger partial charge in [0.05, 0.1) is 29.1 Å². The largest absolute Gasteiger partial charge is 0.477 e. The predicted octanol–water partition coefficient (Wildman–Crippen LogP) is 22.5. The van der Waals surface area contributed by atoms with E-state index in [2.05, 4.69) is 235 Å². The van der Waals surface area contributed by atoms with E-state index < -0.39 is 23.9 Å². The van der Waals surface area contributed by atoms with Gasteiger partial charge in [0.2, 0.25) is 5.69 Å². The molecule has 22 rings (SSSR count). The van der Waals surface area contributed by atoms with Gasteiger partial charge in [-0.3, -0.25) is 9.49 Å². The number of nitrogens with zero attached hydrogens (tertiary/aromatic N) is 20. The van der Waals surface area contributed by atoms with Crippen molar-refractivity contribution in [2.24, 2.45) is 7.05 Å². The van der Waals surface area contributed by atoms with E-state index in [4.69, 9.17) is 5.11 Å². The van der Waals surface area contributed by atoms with Crippen LogP contribution in [0.1, 0.15) is 102 Å². The third-order valence-electron chi connectivity index (χ3n) is 22.7. The van der Waals surface area contributed by atoms with E-state index in [9.17, 15) is 31.1 Å². The molecule has 20 aromatic rings. The molecular formula is C109H87F6Ir5N20O2-5. The maximum absolute atomic E-state index is 13.8. The fourth-order valence-corrected chi connectivity index (χ4v) is 16.1. The summed E-state index contributed by atoms with van der Waals surface area (Å²) in [6, 6.07) is 120. The molecule has 8 heterocycles. The number of hydrogen-bond acceptors (Lipinski definition) is 14. The van der Waals surface area contributed by atoms with Crippen LogP contribution in [-0.2, 0) is 131 Å². The number of carbonyl (C=O) groups is 1. The van der Waals surface area contributed by atoms with Crippen molar-refractivity contribution in [2.45, 2.75) is 85.2 Å². The molecule has 33 heteroatoms. The number of fused-ring (bicyclic) bond motifs is 6. The summed E-state index contributed by atoms with van der Waals surface area (Å²) in [7, 11) is 1.69. The standard InChI is InChI=1S/2C24H20N3.C16H12F2N3.C15H11FN3.C15H12N3.C9H7F3N4.C6H5NO2.5Ir/c1-16-25-26-23(27(16)18-9-5-4-6-10-18)17-13-14-22-20(15-17)19-11-7-8-12-21(19)24(22,2)3;1-16-25-26-23(27(16)18-9-5-4-6-10-18)17-13-14-20-19-11-7-8-12-21(19)24(2,3)22(20)15-17;1-16(17,18)15-20-19-14(12-8-4-2-5-9-12)21(15)13-10-6-3-7-11-13;1-11-17-18-15(12-7-9-13(16)10-8-12)19(11)14-5-3-2-4-6-14;1-12-16-17-15(13-8-4-2-5-9-13)18(12)14-10-6-3-7-11-14;1-16-5-3-2-4-6(16)7-13-8(15-14-7)9(10,11)12;8-6(9)5-3-1-2-4-7-5;;;;;/h2*4-12,14-15H,1-3H3;2-8,10-11H,1H3;2-7,9-10H,1H3;2-8,10-11H,1H3;2-5H,1H3;1-4H,(H,8,9);;;;;/q5*-1;;;;;;;. The van der Waals surface area contributed by atoms with Gasteiger partial charge < -0.3 is 38.0 Å². The van der Waals surface area contributed by atoms with Crippen molar-refractivity contribution in [3.05, 3.63) is 439 Å². The van der Waals surface area contributed by atoms with Gasteiger partial charge in [-0.05, 0) is 134 Å². The van der Waals surface area contributed by atoms with Gasteiger partial charge >= 0.3 is 18.1 Å². The van der Waals surface area contributed by atoms with Gasteiger partial charge in [-0.1, -0.05) is 190 Å². The van der Waals surface area contributed by atoms with Gasteiger partial charge in [0, 0.05) is 166 Å². The second-order valence-electron chi connectivity index (χ2n) is 32.7. The van der Waals surface area contributed by atoms with E-state index in [-0.39, 0.29) is 135 Å². The Hall–Kier alpha value is -13.9. The number of para-hydroxylation sites is 5. The van der Waals surface area contributed by atoms with Crippen LogP contribution in [0.15, 0.2) is 340 Å². The third kappa shape index (κ3) is 24.3. The fourth-order valence-electron chi connectivity index (χ4n) is 16.1. The van der Waals surface area contributed by atoms with Gasteiger partial charge in [-0.2, -0.15) is 47.4 Å². The first-order valence-corrected chi connectivity index (χ1v) is 43.4. The van der Waals surface area contributed by atoms with Crippen LogP contribution >= 0.6 is 0 Å². The number of pyridine rings is 2. The third-order valence-corrected chi connectivity index (χ3v) is 22.7. The summed E-state index contributed by atoms with van der Waals surface area (Å²) in [5.41, 5.74) is 20.0. The Morgan fingerprint density at radius 3 is 1.16 bits per heavy atom. The fraction of sp³-hybridized carbons (Fsp3) is 0.128. The van der Waals surface area contributed by atoms with Crippen LogP contribution in [0.25, 0.3) is 119 Å². The maximum atomic E-state index is 13.8. The van der Waals surface area contributed by atoms with Crippen molar-refractivity contribution in [3.63, 3.8) is 0 Å². The van der Waals surface area contributed by atoms with Crippen molar-refractivity contribution in [3.8, 4) is 119 Å². The second-order valence-corrected chi connectivity index (χ2v) is 32.7. The van der Waals surface area contributed by atoms with E-state index in [0.717, 1.165) is 87.1 Å². The molecular weight excluding hydrogens is 2700 g/mol. The monoisotopic (exact) mass is 2790 g/mol. The molecule has 0 saturated heterocycles. The quantitative estimate of drug-likeness (QED) is 0.0640. The van der Waals surface area contributed by atoms with Crippen molar-refractivity contribution < 1.29 is 141 Å². The predicted molar refractivity (Wildman–Crippen MR) is 510 cm³/mol. The zero-order valence-electron chi connectivity index (χ0n) is 77.6. The number of halogens is 6. The summed E-state index contributed by atoms with van der Waals surface area (Å²) in [6.07, 6.45) is -1.42. The molecule has 0 atom stereocenters. The zero-order chi connectivity index (χ0) is 96.1. The summed E-state index contributed by atoms with van der Waals surface area (Å²) >= 11 is 0. The number of aromatic nitrogens is 20. The van der Waals surface area contributed by atoms with E-state index in [1.165, 1.54) is 73.5 Å². The summed E-state index contributed by atoms with van der Waals surface area (Å²) < 4.78 is 88.4. The molecule has 1 N–H and O–H groups in total. The number of aromatic carboxylic acids is 1. The number of carboxylic acids is 1. The Balaban J connectivity index is 0.000000160.